The van der Waals surface area contributed by atoms with Crippen molar-refractivity contribution < 1.29 is 80.9 Å². The second-order valence-corrected chi connectivity index (χ2v) is 15.9. The first-order valence-corrected chi connectivity index (χ1v) is 20.9. The minimum Gasteiger partial charge on any atom is -0.497 e. The molecule has 4 heterocycles. The molecule has 4 aliphatic rings. The predicted molar refractivity (Wildman–Crippen MR) is 219 cm³/mol. The van der Waals surface area contributed by atoms with E-state index in [0.717, 1.165) is 14.2 Å². The number of hydrogen-bond acceptors (Lipinski definition) is 17. The Kier molecular flexibility index (Phi) is 13.4. The molecule has 3 aromatic carbocycles. The van der Waals surface area contributed by atoms with E-state index in [0.29, 0.717) is 28.2 Å². The third kappa shape index (κ3) is 7.22. The summed E-state index contributed by atoms with van der Waals surface area (Å²) in [4.78, 5) is 81.5. The Labute approximate surface area is 369 Å². The predicted octanol–water partition coefficient (Wildman–Crippen LogP) is 4.02. The molecule has 0 spiro atoms. The summed E-state index contributed by atoms with van der Waals surface area (Å²) in [7, 11) is 6.56. The molecule has 4 aliphatic heterocycles. The zero-order valence-corrected chi connectivity index (χ0v) is 36.6. The molecule has 0 saturated carbocycles. The first-order chi connectivity index (χ1) is 30.8. The fraction of sp³-hybridized carbons (Fsp3) is 0.489. The average molecular weight is 889 g/mol. The van der Waals surface area contributed by atoms with Crippen molar-refractivity contribution in [2.45, 2.75) is 87.9 Å². The van der Waals surface area contributed by atoms with Crippen LogP contribution in [0.15, 0.2) is 78.9 Å². The summed E-state index contributed by atoms with van der Waals surface area (Å²) < 4.78 is 65.3. The fourth-order valence-corrected chi connectivity index (χ4v) is 10.3. The van der Waals surface area contributed by atoms with Crippen LogP contribution in [0.25, 0.3) is 0 Å². The monoisotopic (exact) mass is 888 g/mol. The molecule has 2 unspecified atom stereocenters. The Morgan fingerprint density at radius 2 is 0.969 bits per heavy atom. The van der Waals surface area contributed by atoms with Gasteiger partial charge in [0, 0.05) is 5.92 Å². The van der Waals surface area contributed by atoms with Crippen LogP contribution in [-0.2, 0) is 77.0 Å². The van der Waals surface area contributed by atoms with Gasteiger partial charge in [-0.3, -0.25) is 28.8 Å². The Bertz CT molecular complexity index is 2160. The fourth-order valence-electron chi connectivity index (χ4n) is 10.3. The Balaban J connectivity index is 1.43. The maximum atomic E-state index is 14.9. The molecular formula is C47H52O17. The van der Waals surface area contributed by atoms with Gasteiger partial charge >= 0.3 is 35.8 Å². The molecule has 0 radical (unpaired) electrons. The van der Waals surface area contributed by atoms with Crippen LogP contribution < -0.4 is 9.47 Å². The lowest BCUT2D eigenvalue weighted by atomic mass is 9.46. The van der Waals surface area contributed by atoms with Gasteiger partial charge in [0.15, 0.2) is 6.10 Å². The van der Waals surface area contributed by atoms with Gasteiger partial charge in [0.05, 0.1) is 73.9 Å². The van der Waals surface area contributed by atoms with Gasteiger partial charge in [0.2, 0.25) is 0 Å². The van der Waals surface area contributed by atoms with Crippen LogP contribution in [0.1, 0.15) is 56.2 Å². The number of methoxy groups -OCH3 is 5. The summed E-state index contributed by atoms with van der Waals surface area (Å²) in [5, 5.41) is 0. The molecule has 4 saturated heterocycles. The zero-order valence-electron chi connectivity index (χ0n) is 36.6. The van der Waals surface area contributed by atoms with Crippen LogP contribution >= 0.6 is 0 Å². The number of carbonyl (C=O) groups is 6. The molecule has 64 heavy (non-hydrogen) atoms. The maximum Gasteiger partial charge on any atom is 0.318 e. The number of hydrogen-bond donors (Lipinski definition) is 0. The molecule has 17 nitrogen and oxygen atoms in total. The topological polar surface area (TPSA) is 204 Å². The molecule has 10 atom stereocenters. The molecule has 0 aliphatic carbocycles. The summed E-state index contributed by atoms with van der Waals surface area (Å²) >= 11 is 0. The second kappa shape index (κ2) is 18.6. The van der Waals surface area contributed by atoms with E-state index in [1.54, 1.807) is 52.3 Å². The lowest BCUT2D eigenvalue weighted by Gasteiger charge is -2.54. The quantitative estimate of drug-likeness (QED) is 0.101. The number of ether oxygens (including phenoxy) is 11. The van der Waals surface area contributed by atoms with Crippen molar-refractivity contribution in [3.8, 4) is 11.5 Å². The van der Waals surface area contributed by atoms with Gasteiger partial charge in [-0.25, -0.2) is 0 Å². The average Bonchev–Trinajstić information content (AvgIpc) is 4.04. The zero-order chi connectivity index (χ0) is 46.0. The second-order valence-electron chi connectivity index (χ2n) is 15.9. The normalized spacial score (nSPS) is 28.4. The first-order valence-electron chi connectivity index (χ1n) is 20.9. The van der Waals surface area contributed by atoms with E-state index in [9.17, 15) is 28.8 Å². The smallest absolute Gasteiger partial charge is 0.318 e. The molecule has 0 aromatic heterocycles. The van der Waals surface area contributed by atoms with Crippen LogP contribution in [0.4, 0.5) is 0 Å². The molecule has 342 valence electrons. The molecule has 3 aromatic rings. The molecule has 4 bridgehead atoms. The highest BCUT2D eigenvalue weighted by Crippen LogP contribution is 2.74. The van der Waals surface area contributed by atoms with E-state index in [-0.39, 0.29) is 25.9 Å². The van der Waals surface area contributed by atoms with Crippen molar-refractivity contribution in [1.29, 1.82) is 0 Å². The molecular weight excluding hydrogens is 837 g/mol. The Hall–Kier alpha value is -6.04. The molecule has 17 heteroatoms. The number of rotatable bonds is 18. The minimum absolute atomic E-state index is 0.0922. The summed E-state index contributed by atoms with van der Waals surface area (Å²) in [5.74, 6) is -4.49. The van der Waals surface area contributed by atoms with E-state index in [2.05, 4.69) is 0 Å². The van der Waals surface area contributed by atoms with Crippen molar-refractivity contribution in [2.24, 2.45) is 16.7 Å². The molecule has 0 N–H and O–H groups in total. The minimum atomic E-state index is -2.18. The van der Waals surface area contributed by atoms with E-state index in [1.165, 1.54) is 7.11 Å². The summed E-state index contributed by atoms with van der Waals surface area (Å²) in [6.07, 6.45) is -11.1. The Morgan fingerprint density at radius 3 is 1.47 bits per heavy atom. The van der Waals surface area contributed by atoms with E-state index < -0.39 is 107 Å². The van der Waals surface area contributed by atoms with Gasteiger partial charge < -0.3 is 52.1 Å². The third-order valence-electron chi connectivity index (χ3n) is 12.9. The van der Waals surface area contributed by atoms with Crippen LogP contribution in [0.2, 0.25) is 0 Å². The van der Waals surface area contributed by atoms with Crippen molar-refractivity contribution in [3.05, 3.63) is 95.6 Å². The van der Waals surface area contributed by atoms with Crippen LogP contribution in [0.5, 0.6) is 11.5 Å². The van der Waals surface area contributed by atoms with Gasteiger partial charge in [-0.05, 0) is 47.9 Å². The molecule has 0 amide bonds. The van der Waals surface area contributed by atoms with Crippen molar-refractivity contribution in [1.82, 2.24) is 0 Å². The highest BCUT2D eigenvalue weighted by atomic mass is 16.7. The highest BCUT2D eigenvalue weighted by molar-refractivity contribution is 5.94. The lowest BCUT2D eigenvalue weighted by Crippen LogP contribution is -2.75. The van der Waals surface area contributed by atoms with Crippen molar-refractivity contribution in [3.63, 3.8) is 0 Å². The van der Waals surface area contributed by atoms with Gasteiger partial charge in [-0.1, -0.05) is 61.5 Å². The number of esters is 6. The van der Waals surface area contributed by atoms with Gasteiger partial charge in [0.25, 0.3) is 0 Å². The largest absolute Gasteiger partial charge is 0.497 e. The maximum absolute atomic E-state index is 14.9. The highest BCUT2D eigenvalue weighted by Gasteiger charge is 2.94. The third-order valence-corrected chi connectivity index (χ3v) is 12.9. The number of carbonyl (C=O) groups excluding carboxylic acids is 6. The molecule has 7 rings (SSSR count). The van der Waals surface area contributed by atoms with Gasteiger partial charge in [-0.2, -0.15) is 0 Å². The van der Waals surface area contributed by atoms with Crippen molar-refractivity contribution in [2.75, 3.05) is 42.2 Å². The van der Waals surface area contributed by atoms with Crippen LogP contribution in [-0.4, -0.2) is 121 Å². The standard InChI is InChI=1S/C47H52O17/c1-8-59-33(49)23-25-35(51)61-37-38(64-47(27-12-10-9-11-13-27,28-14-18-30(54-3)19-15-28)29-16-20-31(55-4)21-17-29)42-45(43(52)57-6)39-26(2)36(60-34(50)24-22-32(48)56-5)40(62-39)46(45,41(37)63-42)44(53)58-7/h9-21,26,36-42H,8,22-25H2,1-7H3/t26-,36+,37+,38-,39?,40+,41+,42?,45-,46+/m0/s1. The van der Waals surface area contributed by atoms with Crippen molar-refractivity contribution >= 4 is 35.8 Å². The first kappa shape index (κ1) is 46.0. The Morgan fingerprint density at radius 1 is 0.531 bits per heavy atom. The van der Waals surface area contributed by atoms with Gasteiger partial charge in [-0.15, -0.1) is 0 Å². The van der Waals surface area contributed by atoms with E-state index in [4.69, 9.17) is 52.1 Å². The summed E-state index contributed by atoms with van der Waals surface area (Å²) in [6, 6.07) is 23.6. The number of fused-ring (bicyclic) bond motifs is 9. The summed E-state index contributed by atoms with van der Waals surface area (Å²) in [6.45, 7) is 3.43. The SMILES string of the molecule is CCOC(=O)CCC(=O)O[C@@H]1[C@H](OC(c2ccccc2)(c2ccc(OC)cc2)c2ccc(OC)cc2)C2O[C@H]1[C@@]1(C(=O)OC)[C@@H]3OC([C@@H](C)[C@H]3OC(=O)CCC(=O)OC)[C@@]21C(=O)OC. The van der Waals surface area contributed by atoms with E-state index >= 15 is 0 Å². The lowest BCUT2D eigenvalue weighted by molar-refractivity contribution is -0.217. The summed E-state index contributed by atoms with van der Waals surface area (Å²) in [5.41, 5.74) is -4.03. The van der Waals surface area contributed by atoms with Crippen LogP contribution in [0.3, 0.4) is 0 Å². The van der Waals surface area contributed by atoms with Gasteiger partial charge in [0.1, 0.15) is 58.4 Å². The van der Waals surface area contributed by atoms with E-state index in [1.807, 2.05) is 54.6 Å². The number of benzene rings is 3. The molecule has 4 fully saturated rings. The van der Waals surface area contributed by atoms with Crippen LogP contribution in [0, 0.1) is 16.7 Å².